The Bertz CT molecular complexity index is 511. The number of urea groups is 1. The molecule has 1 aromatic rings. The number of benzene rings is 1. The number of nitrogens with zero attached hydrogens (tertiary/aromatic N) is 2. The average Bonchev–Trinajstić information content (AvgIpc) is 2.42. The molecule has 1 N–H and O–H groups in total. The minimum absolute atomic E-state index is 0.0538. The number of fused-ring (bicyclic) bond motifs is 1. The van der Waals surface area contributed by atoms with E-state index in [1.54, 1.807) is 0 Å². The van der Waals surface area contributed by atoms with Crippen molar-refractivity contribution in [2.75, 3.05) is 25.0 Å². The van der Waals surface area contributed by atoms with Crippen LogP contribution in [-0.2, 0) is 0 Å². The van der Waals surface area contributed by atoms with E-state index in [1.165, 1.54) is 5.56 Å². The van der Waals surface area contributed by atoms with E-state index in [2.05, 4.69) is 24.1 Å². The van der Waals surface area contributed by atoms with Crippen molar-refractivity contribution >= 4 is 11.7 Å². The first kappa shape index (κ1) is 14.4. The Balaban J connectivity index is 1.55. The van der Waals surface area contributed by atoms with Crippen LogP contribution in [0.15, 0.2) is 24.3 Å². The fraction of sp³-hybridized carbons (Fsp3) is 0.588. The van der Waals surface area contributed by atoms with Crippen molar-refractivity contribution in [3.8, 4) is 0 Å². The summed E-state index contributed by atoms with van der Waals surface area (Å²) in [6.45, 7) is 9.69. The molecule has 2 aliphatic heterocycles. The third-order valence-electron chi connectivity index (χ3n) is 4.85. The van der Waals surface area contributed by atoms with Crippen LogP contribution >= 0.6 is 0 Å². The average molecular weight is 287 g/mol. The number of piperidine rings is 1. The highest BCUT2D eigenvalue weighted by atomic mass is 16.2. The summed E-state index contributed by atoms with van der Waals surface area (Å²) in [7, 11) is 0. The molecule has 21 heavy (non-hydrogen) atoms. The van der Waals surface area contributed by atoms with E-state index in [1.807, 2.05) is 36.1 Å². The second-order valence-electron chi connectivity index (χ2n) is 6.65. The van der Waals surface area contributed by atoms with Gasteiger partial charge >= 0.3 is 6.03 Å². The number of amides is 2. The molecule has 2 heterocycles. The van der Waals surface area contributed by atoms with Crippen LogP contribution in [-0.4, -0.2) is 47.5 Å². The summed E-state index contributed by atoms with van der Waals surface area (Å²) in [5.41, 5.74) is 2.09. The van der Waals surface area contributed by atoms with Crippen LogP contribution in [0.25, 0.3) is 0 Å². The zero-order valence-electron chi connectivity index (χ0n) is 13.2. The Hall–Kier alpha value is -1.55. The highest BCUT2D eigenvalue weighted by Gasteiger charge is 2.45. The Morgan fingerprint density at radius 3 is 2.57 bits per heavy atom. The maximum absolute atomic E-state index is 12.4. The summed E-state index contributed by atoms with van der Waals surface area (Å²) in [6.07, 6.45) is 1.10. The van der Waals surface area contributed by atoms with Gasteiger partial charge in [-0.25, -0.2) is 4.79 Å². The van der Waals surface area contributed by atoms with E-state index in [0.29, 0.717) is 18.0 Å². The summed E-state index contributed by atoms with van der Waals surface area (Å²) >= 11 is 0. The first-order valence-corrected chi connectivity index (χ1v) is 7.93. The van der Waals surface area contributed by atoms with Gasteiger partial charge in [0.25, 0.3) is 0 Å². The summed E-state index contributed by atoms with van der Waals surface area (Å²) in [4.78, 5) is 16.9. The number of hydrogen-bond acceptors (Lipinski definition) is 2. The number of carbonyl (C=O) groups is 1. The molecular formula is C17H25N3O. The fourth-order valence-corrected chi connectivity index (χ4v) is 3.42. The molecule has 0 spiro atoms. The van der Waals surface area contributed by atoms with Gasteiger partial charge < -0.3 is 15.1 Å². The third-order valence-corrected chi connectivity index (χ3v) is 4.85. The Kier molecular flexibility index (Phi) is 3.89. The maximum atomic E-state index is 12.4. The summed E-state index contributed by atoms with van der Waals surface area (Å²) in [5.74, 6) is 0.657. The molecule has 4 heteroatoms. The van der Waals surface area contributed by atoms with Gasteiger partial charge in [0, 0.05) is 43.3 Å². The first-order chi connectivity index (χ1) is 10.0. The Morgan fingerprint density at radius 2 is 1.95 bits per heavy atom. The lowest BCUT2D eigenvalue weighted by atomic mass is 9.82. The second-order valence-corrected chi connectivity index (χ2v) is 6.65. The normalized spacial score (nSPS) is 25.4. The molecule has 0 radical (unpaired) electrons. The van der Waals surface area contributed by atoms with E-state index in [9.17, 15) is 4.79 Å². The third kappa shape index (κ3) is 2.91. The van der Waals surface area contributed by atoms with Crippen LogP contribution in [0.4, 0.5) is 10.5 Å². The number of nitrogens with one attached hydrogen (secondary N) is 1. The Labute approximate surface area is 127 Å². The van der Waals surface area contributed by atoms with Crippen LogP contribution in [0.2, 0.25) is 0 Å². The molecular weight excluding hydrogens is 262 g/mol. The topological polar surface area (TPSA) is 35.6 Å². The zero-order chi connectivity index (χ0) is 15.0. The molecule has 1 aromatic carbocycles. The predicted octanol–water partition coefficient (Wildman–Crippen LogP) is 2.94. The van der Waals surface area contributed by atoms with Gasteiger partial charge in [-0.2, -0.15) is 0 Å². The number of likely N-dealkylation sites (tertiary alicyclic amines) is 2. The zero-order valence-corrected chi connectivity index (χ0v) is 13.2. The SMILES string of the molecule is Cc1ccc(NC(=O)N2C[C@H]3CN(C(C)C)CC[C@H]32)cc1. The van der Waals surface area contributed by atoms with Crippen molar-refractivity contribution in [2.24, 2.45) is 5.92 Å². The van der Waals surface area contributed by atoms with Crippen molar-refractivity contribution < 1.29 is 4.79 Å². The van der Waals surface area contributed by atoms with Crippen LogP contribution in [0.1, 0.15) is 25.8 Å². The van der Waals surface area contributed by atoms with Gasteiger partial charge in [0.05, 0.1) is 0 Å². The van der Waals surface area contributed by atoms with E-state index in [4.69, 9.17) is 0 Å². The lowest BCUT2D eigenvalue weighted by Gasteiger charge is -2.53. The van der Waals surface area contributed by atoms with Crippen LogP contribution in [0, 0.1) is 12.8 Å². The van der Waals surface area contributed by atoms with Crippen LogP contribution in [0.3, 0.4) is 0 Å². The predicted molar refractivity (Wildman–Crippen MR) is 85.5 cm³/mol. The van der Waals surface area contributed by atoms with Crippen LogP contribution < -0.4 is 5.32 Å². The molecule has 4 nitrogen and oxygen atoms in total. The highest BCUT2D eigenvalue weighted by molar-refractivity contribution is 5.90. The molecule has 2 atom stereocenters. The lowest BCUT2D eigenvalue weighted by molar-refractivity contribution is -0.0190. The minimum Gasteiger partial charge on any atom is -0.321 e. The molecule has 2 amide bonds. The largest absolute Gasteiger partial charge is 0.322 e. The van der Waals surface area contributed by atoms with Crippen molar-refractivity contribution in [3.63, 3.8) is 0 Å². The molecule has 0 bridgehead atoms. The summed E-state index contributed by atoms with van der Waals surface area (Å²) < 4.78 is 0. The first-order valence-electron chi connectivity index (χ1n) is 7.93. The monoisotopic (exact) mass is 287 g/mol. The van der Waals surface area contributed by atoms with E-state index in [-0.39, 0.29) is 6.03 Å². The molecule has 0 aromatic heterocycles. The van der Waals surface area contributed by atoms with Gasteiger partial charge in [-0.15, -0.1) is 0 Å². The van der Waals surface area contributed by atoms with Gasteiger partial charge in [0.15, 0.2) is 0 Å². The maximum Gasteiger partial charge on any atom is 0.322 e. The molecule has 114 valence electrons. The molecule has 0 unspecified atom stereocenters. The minimum atomic E-state index is 0.0538. The summed E-state index contributed by atoms with van der Waals surface area (Å²) in [5, 5.41) is 3.01. The van der Waals surface area contributed by atoms with Crippen molar-refractivity contribution in [2.45, 2.75) is 39.3 Å². The van der Waals surface area contributed by atoms with Gasteiger partial charge in [-0.05, 0) is 39.3 Å². The van der Waals surface area contributed by atoms with Crippen LogP contribution in [0.5, 0.6) is 0 Å². The van der Waals surface area contributed by atoms with E-state index >= 15 is 0 Å². The molecule has 2 saturated heterocycles. The van der Waals surface area contributed by atoms with E-state index in [0.717, 1.165) is 31.7 Å². The standard InChI is InChI=1S/C17H25N3O/c1-12(2)19-9-8-16-14(10-19)11-20(16)17(21)18-15-6-4-13(3)5-7-15/h4-7,12,14,16H,8-11H2,1-3H3,(H,18,21)/t14-,16-/m1/s1. The van der Waals surface area contributed by atoms with Gasteiger partial charge in [0.2, 0.25) is 0 Å². The molecule has 2 fully saturated rings. The molecule has 2 aliphatic rings. The van der Waals surface area contributed by atoms with E-state index < -0.39 is 0 Å². The van der Waals surface area contributed by atoms with Crippen molar-refractivity contribution in [1.29, 1.82) is 0 Å². The number of aryl methyl sites for hydroxylation is 1. The number of anilines is 1. The highest BCUT2D eigenvalue weighted by Crippen LogP contribution is 2.33. The molecule has 0 saturated carbocycles. The molecule has 0 aliphatic carbocycles. The lowest BCUT2D eigenvalue weighted by Crippen LogP contribution is -2.66. The quantitative estimate of drug-likeness (QED) is 0.907. The van der Waals surface area contributed by atoms with Crippen molar-refractivity contribution in [1.82, 2.24) is 9.80 Å². The van der Waals surface area contributed by atoms with Crippen molar-refractivity contribution in [3.05, 3.63) is 29.8 Å². The second kappa shape index (κ2) is 5.68. The van der Waals surface area contributed by atoms with Gasteiger partial charge in [-0.3, -0.25) is 0 Å². The molecule has 3 rings (SSSR count). The van der Waals surface area contributed by atoms with Gasteiger partial charge in [-0.1, -0.05) is 17.7 Å². The number of hydrogen-bond donors (Lipinski definition) is 1. The smallest absolute Gasteiger partial charge is 0.321 e. The number of rotatable bonds is 2. The fourth-order valence-electron chi connectivity index (χ4n) is 3.42. The number of carbonyl (C=O) groups excluding carboxylic acids is 1. The summed E-state index contributed by atoms with van der Waals surface area (Å²) in [6, 6.07) is 9.08. The Morgan fingerprint density at radius 1 is 1.24 bits per heavy atom. The van der Waals surface area contributed by atoms with Gasteiger partial charge in [0.1, 0.15) is 0 Å².